The number of amides is 1. The van der Waals surface area contributed by atoms with Crippen molar-refractivity contribution in [2.75, 3.05) is 13.2 Å². The standard InChI is InChI=1S/C32H37N3O3/c1-7-28(34(8-2)30(36)22-14-16-23(17-15-22)32(4,5)6)29-33-27-13-11-10-12-26(27)31(37)35(29)24-18-20-25(21-19-24)38-9-3/h10-21,28H,7-9H2,1-6H3. The molecule has 0 aliphatic rings. The van der Waals surface area contributed by atoms with Gasteiger partial charge in [-0.2, -0.15) is 0 Å². The van der Waals surface area contributed by atoms with Crippen LogP contribution in [0.4, 0.5) is 0 Å². The number of hydrogen-bond acceptors (Lipinski definition) is 4. The van der Waals surface area contributed by atoms with E-state index < -0.39 is 6.04 Å². The molecule has 4 aromatic rings. The zero-order chi connectivity index (χ0) is 27.4. The highest BCUT2D eigenvalue weighted by atomic mass is 16.5. The van der Waals surface area contributed by atoms with Gasteiger partial charge in [-0.05, 0) is 79.8 Å². The minimum Gasteiger partial charge on any atom is -0.494 e. The number of para-hydroxylation sites is 1. The zero-order valence-electron chi connectivity index (χ0n) is 23.2. The second-order valence-corrected chi connectivity index (χ2v) is 10.4. The van der Waals surface area contributed by atoms with Crippen LogP contribution in [-0.4, -0.2) is 33.5 Å². The Bertz CT molecular complexity index is 1470. The Hall–Kier alpha value is -3.93. The van der Waals surface area contributed by atoms with E-state index in [1.54, 1.807) is 10.6 Å². The van der Waals surface area contributed by atoms with Crippen LogP contribution in [0.1, 0.15) is 75.8 Å². The monoisotopic (exact) mass is 511 g/mol. The first-order chi connectivity index (χ1) is 18.2. The summed E-state index contributed by atoms with van der Waals surface area (Å²) in [5, 5.41) is 0.534. The number of carbonyl (C=O) groups excluding carboxylic acids is 1. The Kier molecular flexibility index (Phi) is 8.00. The molecule has 0 radical (unpaired) electrons. The van der Waals surface area contributed by atoms with Crippen LogP contribution in [0.15, 0.2) is 77.6 Å². The maximum atomic E-state index is 13.9. The molecule has 0 aliphatic heterocycles. The predicted octanol–water partition coefficient (Wildman–Crippen LogP) is 6.70. The smallest absolute Gasteiger partial charge is 0.266 e. The quantitative estimate of drug-likeness (QED) is 0.264. The summed E-state index contributed by atoms with van der Waals surface area (Å²) < 4.78 is 7.25. The van der Waals surface area contributed by atoms with Gasteiger partial charge in [0.15, 0.2) is 0 Å². The molecular formula is C32H37N3O3. The Morgan fingerprint density at radius 3 is 2.18 bits per heavy atom. The van der Waals surface area contributed by atoms with Crippen molar-refractivity contribution in [3.05, 3.63) is 100 Å². The lowest BCUT2D eigenvalue weighted by Crippen LogP contribution is -2.38. The normalized spacial score (nSPS) is 12.4. The van der Waals surface area contributed by atoms with Gasteiger partial charge in [-0.3, -0.25) is 14.2 Å². The minimum absolute atomic E-state index is 0.000770. The van der Waals surface area contributed by atoms with Gasteiger partial charge in [0.1, 0.15) is 11.6 Å². The van der Waals surface area contributed by atoms with Crippen molar-refractivity contribution in [3.8, 4) is 11.4 Å². The molecule has 4 rings (SSSR count). The first kappa shape index (κ1) is 27.1. The van der Waals surface area contributed by atoms with Crippen LogP contribution in [0, 0.1) is 0 Å². The van der Waals surface area contributed by atoms with Gasteiger partial charge in [-0.15, -0.1) is 0 Å². The van der Waals surface area contributed by atoms with E-state index in [-0.39, 0.29) is 16.9 Å². The van der Waals surface area contributed by atoms with Crippen molar-refractivity contribution in [2.24, 2.45) is 0 Å². The molecule has 0 spiro atoms. The lowest BCUT2D eigenvalue weighted by molar-refractivity contribution is 0.0672. The number of fused-ring (bicyclic) bond motifs is 1. The van der Waals surface area contributed by atoms with Crippen LogP contribution in [0.2, 0.25) is 0 Å². The number of hydrogen-bond donors (Lipinski definition) is 0. The summed E-state index contributed by atoms with van der Waals surface area (Å²) in [6.07, 6.45) is 0.599. The van der Waals surface area contributed by atoms with Gasteiger partial charge in [-0.25, -0.2) is 4.98 Å². The highest BCUT2D eigenvalue weighted by Gasteiger charge is 2.29. The molecule has 6 heteroatoms. The molecular weight excluding hydrogens is 474 g/mol. The van der Waals surface area contributed by atoms with E-state index in [1.807, 2.05) is 92.4 Å². The Morgan fingerprint density at radius 1 is 0.947 bits per heavy atom. The molecule has 3 aromatic carbocycles. The molecule has 1 atom stereocenters. The summed E-state index contributed by atoms with van der Waals surface area (Å²) in [6.45, 7) is 13.4. The molecule has 1 heterocycles. The summed E-state index contributed by atoms with van der Waals surface area (Å²) in [5.41, 5.74) is 2.93. The topological polar surface area (TPSA) is 64.4 Å². The van der Waals surface area contributed by atoms with E-state index in [0.717, 1.165) is 5.75 Å². The average Bonchev–Trinajstić information content (AvgIpc) is 2.92. The summed E-state index contributed by atoms with van der Waals surface area (Å²) in [5.74, 6) is 1.19. The Balaban J connectivity index is 1.84. The molecule has 38 heavy (non-hydrogen) atoms. The molecule has 198 valence electrons. The number of benzene rings is 3. The fourth-order valence-corrected chi connectivity index (χ4v) is 4.81. The zero-order valence-corrected chi connectivity index (χ0v) is 23.2. The van der Waals surface area contributed by atoms with Crippen LogP contribution in [0.25, 0.3) is 16.6 Å². The lowest BCUT2D eigenvalue weighted by Gasteiger charge is -2.31. The highest BCUT2D eigenvalue weighted by molar-refractivity contribution is 5.94. The average molecular weight is 512 g/mol. The van der Waals surface area contributed by atoms with E-state index >= 15 is 0 Å². The minimum atomic E-state index is -0.404. The van der Waals surface area contributed by atoms with Crippen molar-refractivity contribution >= 4 is 16.8 Å². The van der Waals surface area contributed by atoms with Crippen molar-refractivity contribution < 1.29 is 9.53 Å². The first-order valence-corrected chi connectivity index (χ1v) is 13.4. The van der Waals surface area contributed by atoms with Crippen LogP contribution < -0.4 is 10.3 Å². The van der Waals surface area contributed by atoms with Crippen molar-refractivity contribution in [1.29, 1.82) is 0 Å². The second-order valence-electron chi connectivity index (χ2n) is 10.4. The summed E-state index contributed by atoms with van der Waals surface area (Å²) in [6, 6.07) is 22.2. The maximum absolute atomic E-state index is 13.9. The first-order valence-electron chi connectivity index (χ1n) is 13.4. The molecule has 0 saturated carbocycles. The van der Waals surface area contributed by atoms with Crippen LogP contribution >= 0.6 is 0 Å². The number of aromatic nitrogens is 2. The number of ether oxygens (including phenoxy) is 1. The number of carbonyl (C=O) groups is 1. The highest BCUT2D eigenvalue weighted by Crippen LogP contribution is 2.29. The predicted molar refractivity (Wildman–Crippen MR) is 153 cm³/mol. The lowest BCUT2D eigenvalue weighted by atomic mass is 9.86. The number of rotatable bonds is 8. The van der Waals surface area contributed by atoms with E-state index in [1.165, 1.54) is 5.56 Å². The molecule has 0 N–H and O–H groups in total. The molecule has 1 unspecified atom stereocenters. The van der Waals surface area contributed by atoms with Crippen LogP contribution in [0.3, 0.4) is 0 Å². The van der Waals surface area contributed by atoms with Gasteiger partial charge in [0.2, 0.25) is 0 Å². The molecule has 0 aliphatic carbocycles. The van der Waals surface area contributed by atoms with E-state index in [4.69, 9.17) is 9.72 Å². The maximum Gasteiger partial charge on any atom is 0.266 e. The Labute approximate surface area is 224 Å². The molecule has 1 aromatic heterocycles. The summed E-state index contributed by atoms with van der Waals surface area (Å²) in [4.78, 5) is 34.5. The Morgan fingerprint density at radius 2 is 1.61 bits per heavy atom. The molecule has 6 nitrogen and oxygen atoms in total. The molecule has 0 bridgehead atoms. The molecule has 0 saturated heterocycles. The fraction of sp³-hybridized carbons (Fsp3) is 0.344. The third-order valence-electron chi connectivity index (χ3n) is 6.87. The largest absolute Gasteiger partial charge is 0.494 e. The SMILES string of the molecule is CCOc1ccc(-n2c(C(CC)N(CC)C(=O)c3ccc(C(C)(C)C)cc3)nc3ccccc3c2=O)cc1. The van der Waals surface area contributed by atoms with Gasteiger partial charge >= 0.3 is 0 Å². The van der Waals surface area contributed by atoms with Crippen molar-refractivity contribution in [3.63, 3.8) is 0 Å². The van der Waals surface area contributed by atoms with E-state index in [0.29, 0.717) is 47.6 Å². The summed E-state index contributed by atoms with van der Waals surface area (Å²) in [7, 11) is 0. The van der Waals surface area contributed by atoms with Crippen LogP contribution in [-0.2, 0) is 5.41 Å². The third-order valence-corrected chi connectivity index (χ3v) is 6.87. The second kappa shape index (κ2) is 11.2. The van der Waals surface area contributed by atoms with Gasteiger partial charge in [0, 0.05) is 12.1 Å². The van der Waals surface area contributed by atoms with Gasteiger partial charge < -0.3 is 9.64 Å². The van der Waals surface area contributed by atoms with E-state index in [9.17, 15) is 9.59 Å². The molecule has 1 amide bonds. The van der Waals surface area contributed by atoms with Gasteiger partial charge in [0.25, 0.3) is 11.5 Å². The van der Waals surface area contributed by atoms with Crippen LogP contribution in [0.5, 0.6) is 5.75 Å². The summed E-state index contributed by atoms with van der Waals surface area (Å²) >= 11 is 0. The van der Waals surface area contributed by atoms with Crippen molar-refractivity contribution in [1.82, 2.24) is 14.5 Å². The fourth-order valence-electron chi connectivity index (χ4n) is 4.81. The van der Waals surface area contributed by atoms with E-state index in [2.05, 4.69) is 20.8 Å². The third kappa shape index (κ3) is 5.35. The van der Waals surface area contributed by atoms with Crippen molar-refractivity contribution in [2.45, 2.75) is 59.4 Å². The van der Waals surface area contributed by atoms with Gasteiger partial charge in [0.05, 0.1) is 29.2 Å². The number of nitrogens with zero attached hydrogens (tertiary/aromatic N) is 3. The molecule has 0 fully saturated rings. The van der Waals surface area contributed by atoms with Gasteiger partial charge in [-0.1, -0.05) is 52.0 Å².